The molecule has 4 aromatic heterocycles. The molecule has 2 amide bonds. The van der Waals surface area contributed by atoms with Gasteiger partial charge in [0.05, 0.1) is 47.3 Å². The van der Waals surface area contributed by atoms with E-state index in [0.717, 1.165) is 31.7 Å². The molecule has 1 saturated heterocycles. The predicted octanol–water partition coefficient (Wildman–Crippen LogP) is 6.62. The molecule has 3 fully saturated rings. The minimum absolute atomic E-state index is 0.0234. The third kappa shape index (κ3) is 8.28. The van der Waals surface area contributed by atoms with Crippen molar-refractivity contribution < 1.29 is 37.0 Å². The van der Waals surface area contributed by atoms with E-state index in [1.807, 2.05) is 11.9 Å². The van der Waals surface area contributed by atoms with Gasteiger partial charge in [0.1, 0.15) is 11.2 Å². The van der Waals surface area contributed by atoms with Gasteiger partial charge >= 0.3 is 12.1 Å². The molecule has 55 heavy (non-hydrogen) atoms. The van der Waals surface area contributed by atoms with Gasteiger partial charge in [0.25, 0.3) is 11.8 Å². The first-order valence-electron chi connectivity index (χ1n) is 18.8. The van der Waals surface area contributed by atoms with E-state index >= 15 is 0 Å². The number of carbonyl (C=O) groups excluding carboxylic acids is 3. The first-order chi connectivity index (χ1) is 26.4. The van der Waals surface area contributed by atoms with Crippen LogP contribution >= 0.6 is 0 Å². The lowest BCUT2D eigenvalue weighted by atomic mass is 9.86. The van der Waals surface area contributed by atoms with Crippen LogP contribution in [0.3, 0.4) is 0 Å². The van der Waals surface area contributed by atoms with Crippen molar-refractivity contribution in [2.75, 3.05) is 57.2 Å². The molecular formula is C39H45F3N8O5. The second-order valence-corrected chi connectivity index (χ2v) is 15.0. The number of aromatic nitrogens is 5. The Labute approximate surface area is 316 Å². The van der Waals surface area contributed by atoms with Gasteiger partial charge < -0.3 is 24.3 Å². The number of nitrogens with zero attached hydrogens (tertiary/aromatic N) is 6. The largest absolute Gasteiger partial charge is 0.466 e. The number of amides is 2. The summed E-state index contributed by atoms with van der Waals surface area (Å²) >= 11 is 0. The molecule has 2 N–H and O–H groups in total. The molecule has 2 saturated carbocycles. The molecule has 13 nitrogen and oxygen atoms in total. The lowest BCUT2D eigenvalue weighted by Gasteiger charge is -2.34. The van der Waals surface area contributed by atoms with Crippen LogP contribution in [0.15, 0.2) is 36.7 Å². The van der Waals surface area contributed by atoms with Crippen molar-refractivity contribution in [2.45, 2.75) is 70.4 Å². The Morgan fingerprint density at radius 2 is 1.84 bits per heavy atom. The summed E-state index contributed by atoms with van der Waals surface area (Å²) in [5.41, 5.74) is 1.27. The van der Waals surface area contributed by atoms with Crippen LogP contribution in [0.25, 0.3) is 22.4 Å². The molecule has 7 rings (SSSR count). The molecule has 16 heteroatoms. The Kier molecular flexibility index (Phi) is 10.8. The summed E-state index contributed by atoms with van der Waals surface area (Å²) in [7, 11) is 3.59. The van der Waals surface area contributed by atoms with Gasteiger partial charge in [0.2, 0.25) is 5.95 Å². The number of alkyl halides is 3. The van der Waals surface area contributed by atoms with Gasteiger partial charge in [-0.25, -0.2) is 4.98 Å². The normalized spacial score (nSPS) is 18.4. The van der Waals surface area contributed by atoms with E-state index in [2.05, 4.69) is 30.2 Å². The number of imidazole rings is 1. The lowest BCUT2D eigenvalue weighted by Crippen LogP contribution is -2.42. The molecule has 5 heterocycles. The number of H-pyrrole nitrogens is 1. The molecule has 292 valence electrons. The van der Waals surface area contributed by atoms with Gasteiger partial charge in [-0.3, -0.25) is 29.7 Å². The van der Waals surface area contributed by atoms with Gasteiger partial charge in [-0.2, -0.15) is 18.2 Å². The van der Waals surface area contributed by atoms with Crippen LogP contribution < -0.4 is 10.2 Å². The summed E-state index contributed by atoms with van der Waals surface area (Å²) in [6.45, 7) is 3.93. The number of piperidine rings is 1. The molecule has 0 spiro atoms. The number of nitrogens with one attached hydrogen (secondary N) is 2. The molecule has 0 aromatic carbocycles. The predicted molar refractivity (Wildman–Crippen MR) is 198 cm³/mol. The number of halogens is 3. The highest BCUT2D eigenvalue weighted by Crippen LogP contribution is 2.46. The van der Waals surface area contributed by atoms with E-state index < -0.39 is 17.6 Å². The number of anilines is 2. The van der Waals surface area contributed by atoms with Gasteiger partial charge in [-0.1, -0.05) is 12.8 Å². The fourth-order valence-electron chi connectivity index (χ4n) is 7.99. The molecule has 0 radical (unpaired) electrons. The van der Waals surface area contributed by atoms with Crippen LogP contribution in [0.2, 0.25) is 0 Å². The number of hydrogen-bond donors (Lipinski definition) is 2. The molecule has 2 aliphatic carbocycles. The maximum atomic E-state index is 14.2. The van der Waals surface area contributed by atoms with Crippen molar-refractivity contribution in [3.63, 3.8) is 0 Å². The standard InChI is InChI=1S/C39H45F3N8O5/c1-4-55-36(53)25-8-7-15-50(20-25)35(52)24-11-12-28(43-18-24)34(51)48-37-46-32-30(49(2)21-38(22-54-3)13-5-6-14-38)17-29(45-33(32)47-37)26-16-27(39(40,41)42)31(44-19-26)23-9-10-23/h11-12,16-19,23,25H,4-10,13-15,20-22H2,1-3H3,(H2,45,46,47,48,51). The highest BCUT2D eigenvalue weighted by molar-refractivity contribution is 6.03. The SMILES string of the molecule is CCOC(=O)C1CCCN(C(=O)c2ccc(C(=O)Nc3nc4nc(-c5cnc(C6CC6)c(C(F)(F)F)c5)cc(N(C)CC5(COC)CCCC5)c4[nH]3)nc2)C1. The molecule has 0 bridgehead atoms. The maximum absolute atomic E-state index is 14.2. The van der Waals surface area contributed by atoms with Crippen molar-refractivity contribution in [1.82, 2.24) is 29.8 Å². The zero-order chi connectivity index (χ0) is 38.9. The highest BCUT2D eigenvalue weighted by atomic mass is 19.4. The van der Waals surface area contributed by atoms with Gasteiger partial charge in [-0.15, -0.1) is 0 Å². The first-order valence-corrected chi connectivity index (χ1v) is 18.8. The van der Waals surface area contributed by atoms with E-state index in [-0.39, 0.29) is 82.1 Å². The van der Waals surface area contributed by atoms with Gasteiger partial charge in [-0.05, 0) is 69.7 Å². The zero-order valence-corrected chi connectivity index (χ0v) is 31.2. The average molecular weight is 763 g/mol. The number of aromatic amines is 1. The summed E-state index contributed by atoms with van der Waals surface area (Å²) in [4.78, 5) is 63.4. The molecule has 1 aliphatic heterocycles. The number of rotatable bonds is 12. The summed E-state index contributed by atoms with van der Waals surface area (Å²) < 4.78 is 53.5. The van der Waals surface area contributed by atoms with Crippen LogP contribution in [0.1, 0.15) is 96.3 Å². The molecule has 3 aliphatic rings. The van der Waals surface area contributed by atoms with E-state index in [4.69, 9.17) is 9.47 Å². The van der Waals surface area contributed by atoms with E-state index in [1.165, 1.54) is 24.5 Å². The van der Waals surface area contributed by atoms with Crippen LogP contribution in [0.5, 0.6) is 0 Å². The second-order valence-electron chi connectivity index (χ2n) is 15.0. The summed E-state index contributed by atoms with van der Waals surface area (Å²) in [5.74, 6) is -1.75. The third-order valence-electron chi connectivity index (χ3n) is 10.8. The average Bonchev–Trinajstić information content (AvgIpc) is 3.79. The fourth-order valence-corrected chi connectivity index (χ4v) is 7.99. The van der Waals surface area contributed by atoms with E-state index in [0.29, 0.717) is 56.6 Å². The molecular weight excluding hydrogens is 717 g/mol. The molecule has 1 unspecified atom stereocenters. The number of fused-ring (bicyclic) bond motifs is 1. The molecule has 4 aromatic rings. The summed E-state index contributed by atoms with van der Waals surface area (Å²) in [6, 6.07) is 5.78. The highest BCUT2D eigenvalue weighted by Gasteiger charge is 2.40. The quantitative estimate of drug-likeness (QED) is 0.151. The minimum atomic E-state index is -4.58. The zero-order valence-electron chi connectivity index (χ0n) is 31.2. The number of pyridine rings is 3. The Hall–Kier alpha value is -5.12. The number of carbonyl (C=O) groups is 3. The summed E-state index contributed by atoms with van der Waals surface area (Å²) in [5, 5.41) is 2.72. The van der Waals surface area contributed by atoms with Crippen LogP contribution in [-0.2, 0) is 20.4 Å². The van der Waals surface area contributed by atoms with Crippen molar-refractivity contribution in [2.24, 2.45) is 11.3 Å². The van der Waals surface area contributed by atoms with Crippen LogP contribution in [0, 0.1) is 11.3 Å². The van der Waals surface area contributed by atoms with Crippen molar-refractivity contribution in [3.05, 3.63) is 59.2 Å². The van der Waals surface area contributed by atoms with Crippen molar-refractivity contribution >= 4 is 40.6 Å². The first kappa shape index (κ1) is 38.2. The smallest absolute Gasteiger partial charge is 0.418 e. The van der Waals surface area contributed by atoms with Gasteiger partial charge in [0.15, 0.2) is 5.65 Å². The number of hydrogen-bond acceptors (Lipinski definition) is 10. The van der Waals surface area contributed by atoms with E-state index in [1.54, 1.807) is 25.0 Å². The van der Waals surface area contributed by atoms with E-state index in [9.17, 15) is 27.6 Å². The Balaban J connectivity index is 1.15. The maximum Gasteiger partial charge on any atom is 0.418 e. The summed E-state index contributed by atoms with van der Waals surface area (Å²) in [6.07, 6.45) is 4.94. The lowest BCUT2D eigenvalue weighted by molar-refractivity contribution is -0.149. The topological polar surface area (TPSA) is 156 Å². The van der Waals surface area contributed by atoms with Gasteiger partial charge in [0, 0.05) is 63.1 Å². The fraction of sp³-hybridized carbons (Fsp3) is 0.513. The molecule has 1 atom stereocenters. The van der Waals surface area contributed by atoms with Crippen molar-refractivity contribution in [1.29, 1.82) is 0 Å². The monoisotopic (exact) mass is 762 g/mol. The van der Waals surface area contributed by atoms with Crippen molar-refractivity contribution in [3.8, 4) is 11.3 Å². The van der Waals surface area contributed by atoms with Crippen LogP contribution in [-0.4, -0.2) is 94.6 Å². The Morgan fingerprint density at radius 1 is 1.05 bits per heavy atom. The second kappa shape index (κ2) is 15.6. The number of likely N-dealkylation sites (tertiary alicyclic amines) is 1. The minimum Gasteiger partial charge on any atom is -0.466 e. The Bertz CT molecular complexity index is 2060. The Morgan fingerprint density at radius 3 is 2.51 bits per heavy atom. The third-order valence-corrected chi connectivity index (χ3v) is 10.8. The number of esters is 1. The number of ether oxygens (including phenoxy) is 2. The van der Waals surface area contributed by atoms with Crippen LogP contribution in [0.4, 0.5) is 24.8 Å². The number of methoxy groups -OCH3 is 1.